The summed E-state index contributed by atoms with van der Waals surface area (Å²) in [6.45, 7) is 4.09. The van der Waals surface area contributed by atoms with Crippen molar-refractivity contribution in [3.63, 3.8) is 0 Å². The molecular formula is C17H26N2O5S. The van der Waals surface area contributed by atoms with Crippen LogP contribution >= 0.6 is 0 Å². The molecule has 0 N–H and O–H groups in total. The van der Waals surface area contributed by atoms with E-state index in [1.165, 1.54) is 10.6 Å². The second-order valence-electron chi connectivity index (χ2n) is 5.96. The van der Waals surface area contributed by atoms with Crippen molar-refractivity contribution in [2.24, 2.45) is 0 Å². The van der Waals surface area contributed by atoms with E-state index in [0.29, 0.717) is 57.1 Å². The molecule has 1 amide bonds. The molecule has 140 valence electrons. The quantitative estimate of drug-likeness (QED) is 0.719. The first-order valence-electron chi connectivity index (χ1n) is 8.37. The Bertz CT molecular complexity index is 697. The van der Waals surface area contributed by atoms with E-state index < -0.39 is 10.0 Å². The number of nitrogens with zero attached hydrogens (tertiary/aromatic N) is 2. The number of ether oxygens (including phenoxy) is 2. The molecule has 0 unspecified atom stereocenters. The lowest BCUT2D eigenvalue weighted by molar-refractivity contribution is -0.132. The number of sulfonamides is 1. The maximum absolute atomic E-state index is 12.4. The van der Waals surface area contributed by atoms with E-state index >= 15 is 0 Å². The number of carbonyl (C=O) groups excluding carboxylic acids is 1. The molecule has 0 aromatic heterocycles. The number of hydrogen-bond donors (Lipinski definition) is 0. The number of piperazine rings is 1. The predicted octanol–water partition coefficient (Wildman–Crippen LogP) is 1.13. The maximum Gasteiger partial charge on any atom is 0.222 e. The van der Waals surface area contributed by atoms with Crippen molar-refractivity contribution in [1.29, 1.82) is 0 Å². The van der Waals surface area contributed by atoms with Gasteiger partial charge in [0, 0.05) is 32.6 Å². The van der Waals surface area contributed by atoms with Gasteiger partial charge in [0.2, 0.25) is 15.9 Å². The van der Waals surface area contributed by atoms with Crippen molar-refractivity contribution < 1.29 is 22.7 Å². The molecule has 0 radical (unpaired) electrons. The Morgan fingerprint density at radius 1 is 1.16 bits per heavy atom. The van der Waals surface area contributed by atoms with Gasteiger partial charge in [-0.3, -0.25) is 4.79 Å². The van der Waals surface area contributed by atoms with Gasteiger partial charge in [-0.05, 0) is 31.0 Å². The van der Waals surface area contributed by atoms with E-state index in [0.717, 1.165) is 5.56 Å². The largest absolute Gasteiger partial charge is 0.493 e. The minimum Gasteiger partial charge on any atom is -0.493 e. The highest BCUT2D eigenvalue weighted by molar-refractivity contribution is 7.88. The summed E-state index contributed by atoms with van der Waals surface area (Å²) in [5.41, 5.74) is 1.00. The summed E-state index contributed by atoms with van der Waals surface area (Å²) in [7, 11) is -1.59. The van der Waals surface area contributed by atoms with E-state index in [4.69, 9.17) is 9.47 Å². The Morgan fingerprint density at radius 3 is 2.40 bits per heavy atom. The number of aryl methyl sites for hydroxylation is 1. The van der Waals surface area contributed by atoms with Crippen LogP contribution in [0.5, 0.6) is 11.5 Å². The van der Waals surface area contributed by atoms with Crippen LogP contribution in [0.15, 0.2) is 18.2 Å². The van der Waals surface area contributed by atoms with Crippen molar-refractivity contribution in [1.82, 2.24) is 9.21 Å². The molecule has 8 heteroatoms. The monoisotopic (exact) mass is 370 g/mol. The molecule has 1 aliphatic heterocycles. The summed E-state index contributed by atoms with van der Waals surface area (Å²) in [5.74, 6) is 1.39. The van der Waals surface area contributed by atoms with Crippen molar-refractivity contribution in [3.8, 4) is 11.5 Å². The fourth-order valence-electron chi connectivity index (χ4n) is 2.82. The van der Waals surface area contributed by atoms with Crippen molar-refractivity contribution in [2.75, 3.05) is 46.2 Å². The van der Waals surface area contributed by atoms with E-state index in [9.17, 15) is 13.2 Å². The smallest absolute Gasteiger partial charge is 0.222 e. The van der Waals surface area contributed by atoms with E-state index in [2.05, 4.69) is 0 Å². The lowest BCUT2D eigenvalue weighted by atomic mass is 10.1. The van der Waals surface area contributed by atoms with Crippen LogP contribution in [0.2, 0.25) is 0 Å². The highest BCUT2D eigenvalue weighted by Gasteiger charge is 2.25. The summed E-state index contributed by atoms with van der Waals surface area (Å²) in [5, 5.41) is 0. The van der Waals surface area contributed by atoms with Crippen LogP contribution in [0, 0.1) is 0 Å². The second-order valence-corrected chi connectivity index (χ2v) is 7.94. The summed E-state index contributed by atoms with van der Waals surface area (Å²) >= 11 is 0. The molecule has 25 heavy (non-hydrogen) atoms. The fourth-order valence-corrected chi connectivity index (χ4v) is 3.65. The van der Waals surface area contributed by atoms with Gasteiger partial charge in [0.1, 0.15) is 0 Å². The molecular weight excluding hydrogens is 344 g/mol. The van der Waals surface area contributed by atoms with E-state index in [1.807, 2.05) is 25.1 Å². The van der Waals surface area contributed by atoms with Crippen molar-refractivity contribution in [2.45, 2.75) is 19.8 Å². The average molecular weight is 370 g/mol. The minimum absolute atomic E-state index is 0.0426. The summed E-state index contributed by atoms with van der Waals surface area (Å²) in [6.07, 6.45) is 2.19. The number of rotatable bonds is 7. The fraction of sp³-hybridized carbons (Fsp3) is 0.588. The highest BCUT2D eigenvalue weighted by atomic mass is 32.2. The molecule has 1 aromatic rings. The number of hydrogen-bond acceptors (Lipinski definition) is 5. The Kier molecular flexibility index (Phi) is 6.66. The molecule has 2 rings (SSSR count). The zero-order valence-corrected chi connectivity index (χ0v) is 15.8. The van der Waals surface area contributed by atoms with Gasteiger partial charge in [-0.1, -0.05) is 6.07 Å². The van der Waals surface area contributed by atoms with Crippen molar-refractivity contribution >= 4 is 15.9 Å². The van der Waals surface area contributed by atoms with Crippen LogP contribution in [0.25, 0.3) is 0 Å². The molecule has 1 fully saturated rings. The molecule has 0 aliphatic carbocycles. The third kappa shape index (κ3) is 5.34. The van der Waals surface area contributed by atoms with Crippen LogP contribution in [-0.2, 0) is 21.2 Å². The van der Waals surface area contributed by atoms with Gasteiger partial charge in [-0.25, -0.2) is 8.42 Å². The number of methoxy groups -OCH3 is 1. The van der Waals surface area contributed by atoms with Gasteiger partial charge >= 0.3 is 0 Å². The second kappa shape index (κ2) is 8.53. The van der Waals surface area contributed by atoms with Gasteiger partial charge in [0.05, 0.1) is 20.0 Å². The molecule has 7 nitrogen and oxygen atoms in total. The average Bonchev–Trinajstić information content (AvgIpc) is 2.60. The molecule has 1 saturated heterocycles. The first-order valence-corrected chi connectivity index (χ1v) is 10.2. The first-order chi connectivity index (χ1) is 11.8. The third-order valence-electron chi connectivity index (χ3n) is 4.22. The third-order valence-corrected chi connectivity index (χ3v) is 5.52. The van der Waals surface area contributed by atoms with Gasteiger partial charge in [-0.15, -0.1) is 0 Å². The minimum atomic E-state index is -3.18. The van der Waals surface area contributed by atoms with Gasteiger partial charge in [0.15, 0.2) is 11.5 Å². The van der Waals surface area contributed by atoms with Gasteiger partial charge in [-0.2, -0.15) is 4.31 Å². The van der Waals surface area contributed by atoms with Crippen LogP contribution in [0.3, 0.4) is 0 Å². The predicted molar refractivity (Wildman–Crippen MR) is 95.5 cm³/mol. The van der Waals surface area contributed by atoms with Crippen molar-refractivity contribution in [3.05, 3.63) is 23.8 Å². The molecule has 0 bridgehead atoms. The molecule has 0 spiro atoms. The van der Waals surface area contributed by atoms with Crippen LogP contribution < -0.4 is 9.47 Å². The topological polar surface area (TPSA) is 76.2 Å². The Hall–Kier alpha value is -1.80. The summed E-state index contributed by atoms with van der Waals surface area (Å²) < 4.78 is 35.2. The summed E-state index contributed by atoms with van der Waals surface area (Å²) in [4.78, 5) is 14.1. The Balaban J connectivity index is 1.88. The summed E-state index contributed by atoms with van der Waals surface area (Å²) in [6, 6.07) is 5.68. The Labute approximate surface area is 149 Å². The van der Waals surface area contributed by atoms with Crippen LogP contribution in [0.4, 0.5) is 0 Å². The zero-order valence-electron chi connectivity index (χ0n) is 15.0. The number of carbonyl (C=O) groups is 1. The van der Waals surface area contributed by atoms with E-state index in [1.54, 1.807) is 12.0 Å². The molecule has 0 saturated carbocycles. The number of benzene rings is 1. The Morgan fingerprint density at radius 2 is 1.84 bits per heavy atom. The highest BCUT2D eigenvalue weighted by Crippen LogP contribution is 2.28. The molecule has 1 aromatic carbocycles. The zero-order chi connectivity index (χ0) is 18.4. The maximum atomic E-state index is 12.4. The SMILES string of the molecule is CCOc1ccc(CCC(=O)N2CCN(S(C)(=O)=O)CC2)cc1OC. The standard InChI is InChI=1S/C17H26N2O5S/c1-4-24-15-7-5-14(13-16(15)23-2)6-8-17(20)18-9-11-19(12-10-18)25(3,21)22/h5,7,13H,4,6,8-12H2,1-3H3. The normalized spacial score (nSPS) is 15.9. The lowest BCUT2D eigenvalue weighted by Crippen LogP contribution is -2.50. The van der Waals surface area contributed by atoms with E-state index in [-0.39, 0.29) is 5.91 Å². The molecule has 1 aliphatic rings. The van der Waals surface area contributed by atoms with Gasteiger partial charge in [0.25, 0.3) is 0 Å². The van der Waals surface area contributed by atoms with Crippen LogP contribution in [-0.4, -0.2) is 69.7 Å². The number of amides is 1. The van der Waals surface area contributed by atoms with Gasteiger partial charge < -0.3 is 14.4 Å². The first kappa shape index (κ1) is 19.5. The van der Waals surface area contributed by atoms with Crippen LogP contribution in [0.1, 0.15) is 18.9 Å². The molecule has 0 atom stereocenters. The lowest BCUT2D eigenvalue weighted by Gasteiger charge is -2.33. The molecule has 1 heterocycles.